The fourth-order valence-corrected chi connectivity index (χ4v) is 4.25. The zero-order chi connectivity index (χ0) is 16.9. The average Bonchev–Trinajstić information content (AvgIpc) is 2.86. The highest BCUT2D eigenvalue weighted by Gasteiger charge is 2.49. The van der Waals surface area contributed by atoms with Crippen molar-refractivity contribution in [2.75, 3.05) is 6.61 Å². The van der Waals surface area contributed by atoms with Gasteiger partial charge in [0.15, 0.2) is 0 Å². The lowest BCUT2D eigenvalue weighted by molar-refractivity contribution is -0.139. The van der Waals surface area contributed by atoms with Gasteiger partial charge < -0.3 is 4.74 Å². The van der Waals surface area contributed by atoms with Gasteiger partial charge in [-0.25, -0.2) is 4.79 Å². The minimum absolute atomic E-state index is 0.138. The number of fused-ring (bicyclic) bond motifs is 5. The summed E-state index contributed by atoms with van der Waals surface area (Å²) in [6.07, 6.45) is 1.81. The van der Waals surface area contributed by atoms with Crippen LogP contribution in [0.2, 0.25) is 0 Å². The molecule has 2 aliphatic rings. The van der Waals surface area contributed by atoms with Gasteiger partial charge in [0.2, 0.25) is 0 Å². The molecule has 24 heavy (non-hydrogen) atoms. The molecule has 2 aliphatic carbocycles. The number of allylic oxidation sites excluding steroid dienone is 1. The van der Waals surface area contributed by atoms with E-state index in [1.807, 2.05) is 19.1 Å². The van der Waals surface area contributed by atoms with Gasteiger partial charge in [-0.15, -0.1) is 0 Å². The molecule has 3 nitrogen and oxygen atoms in total. The topological polar surface area (TPSA) is 43.4 Å². The zero-order valence-electron chi connectivity index (χ0n) is 14.0. The number of aryl methyl sites for hydroxylation is 1. The lowest BCUT2D eigenvalue weighted by atomic mass is 9.68. The molecule has 0 heterocycles. The number of hydrogen-bond donors (Lipinski definition) is 0. The number of Topliss-reactive ketones (excluding diaryl/α,β-unsaturated/α-hetero) is 1. The molecule has 0 N–H and O–H groups in total. The molecule has 2 aromatic carbocycles. The Bertz CT molecular complexity index is 906. The predicted octanol–water partition coefficient (Wildman–Crippen LogP) is 4.08. The Morgan fingerprint density at radius 1 is 1.21 bits per heavy atom. The second-order valence-corrected chi connectivity index (χ2v) is 6.82. The van der Waals surface area contributed by atoms with Gasteiger partial charge in [0.05, 0.1) is 12.0 Å². The summed E-state index contributed by atoms with van der Waals surface area (Å²) in [5.74, 6) is -0.204. The molecule has 0 radical (unpaired) electrons. The van der Waals surface area contributed by atoms with Crippen LogP contribution >= 0.6 is 0 Å². The first-order valence-electron chi connectivity index (χ1n) is 8.51. The van der Waals surface area contributed by atoms with Crippen LogP contribution in [-0.4, -0.2) is 18.4 Å². The Morgan fingerprint density at radius 2 is 2.00 bits per heavy atom. The Balaban J connectivity index is 1.99. The number of carbonyl (C=O) groups excluding carboxylic acids is 2. The third-order valence-electron chi connectivity index (χ3n) is 5.51. The van der Waals surface area contributed by atoms with Crippen LogP contribution in [0.3, 0.4) is 0 Å². The second-order valence-electron chi connectivity index (χ2n) is 6.82. The number of carbonyl (C=O) groups is 2. The fraction of sp³-hybridized carbons (Fsp3) is 0.333. The Morgan fingerprint density at radius 3 is 2.79 bits per heavy atom. The van der Waals surface area contributed by atoms with Crippen molar-refractivity contribution in [1.82, 2.24) is 0 Å². The van der Waals surface area contributed by atoms with E-state index >= 15 is 0 Å². The van der Waals surface area contributed by atoms with Gasteiger partial charge in [-0.3, -0.25) is 4.79 Å². The van der Waals surface area contributed by atoms with E-state index in [9.17, 15) is 9.59 Å². The molecular formula is C21H20O3. The lowest BCUT2D eigenvalue weighted by Crippen LogP contribution is -2.29. The number of benzene rings is 2. The first kappa shape index (κ1) is 15.1. The van der Waals surface area contributed by atoms with Gasteiger partial charge in [-0.05, 0) is 54.2 Å². The summed E-state index contributed by atoms with van der Waals surface area (Å²) in [4.78, 5) is 25.1. The van der Waals surface area contributed by atoms with Crippen molar-refractivity contribution in [3.8, 4) is 0 Å². The van der Waals surface area contributed by atoms with Crippen molar-refractivity contribution in [2.24, 2.45) is 5.41 Å². The van der Waals surface area contributed by atoms with E-state index in [1.165, 1.54) is 16.3 Å². The van der Waals surface area contributed by atoms with Crippen molar-refractivity contribution in [1.29, 1.82) is 0 Å². The minimum atomic E-state index is -0.558. The number of ketones is 1. The Hall–Kier alpha value is -2.42. The Kier molecular flexibility index (Phi) is 3.34. The van der Waals surface area contributed by atoms with Crippen molar-refractivity contribution in [2.45, 2.75) is 33.1 Å². The molecule has 1 unspecified atom stereocenters. The summed E-state index contributed by atoms with van der Waals surface area (Å²) in [5.41, 5.74) is 3.20. The number of ether oxygens (including phenoxy) is 1. The monoisotopic (exact) mass is 320 g/mol. The third-order valence-corrected chi connectivity index (χ3v) is 5.51. The summed E-state index contributed by atoms with van der Waals surface area (Å²) >= 11 is 0. The molecule has 0 amide bonds. The Labute approximate surface area is 141 Å². The van der Waals surface area contributed by atoms with Crippen molar-refractivity contribution >= 4 is 28.1 Å². The van der Waals surface area contributed by atoms with Crippen LogP contribution < -0.4 is 0 Å². The summed E-state index contributed by atoms with van der Waals surface area (Å²) in [6, 6.07) is 12.4. The number of hydrogen-bond acceptors (Lipinski definition) is 3. The first-order chi connectivity index (χ1) is 11.6. The molecule has 0 aliphatic heterocycles. The van der Waals surface area contributed by atoms with E-state index in [1.54, 1.807) is 6.92 Å². The molecule has 3 heteroatoms. The molecule has 1 atom stereocenters. The van der Waals surface area contributed by atoms with Gasteiger partial charge in [-0.2, -0.15) is 0 Å². The highest BCUT2D eigenvalue weighted by atomic mass is 16.5. The van der Waals surface area contributed by atoms with Gasteiger partial charge >= 0.3 is 5.97 Å². The standard InChI is InChI=1S/C21H20O3/c1-3-24-20(23)17-12-18(22)21(2)11-10-15-14-7-5-4-6-13(14)8-9-16(15)19(17)21/h4-9H,3,10-12H2,1-2H3. The van der Waals surface area contributed by atoms with E-state index in [0.29, 0.717) is 12.2 Å². The molecular weight excluding hydrogens is 300 g/mol. The molecule has 0 saturated heterocycles. The SMILES string of the molecule is CCOC(=O)C1=C2c3ccc4ccccc4c3CCC2(C)C(=O)C1. The zero-order valence-corrected chi connectivity index (χ0v) is 14.0. The molecule has 0 aromatic heterocycles. The van der Waals surface area contributed by atoms with Crippen LogP contribution in [0.4, 0.5) is 0 Å². The van der Waals surface area contributed by atoms with Gasteiger partial charge in [0.1, 0.15) is 5.78 Å². The van der Waals surface area contributed by atoms with Crippen molar-refractivity contribution < 1.29 is 14.3 Å². The van der Waals surface area contributed by atoms with E-state index < -0.39 is 5.41 Å². The molecule has 0 saturated carbocycles. The lowest BCUT2D eigenvalue weighted by Gasteiger charge is -2.33. The van der Waals surface area contributed by atoms with Crippen LogP contribution in [0.15, 0.2) is 42.0 Å². The molecule has 0 spiro atoms. The molecule has 4 rings (SSSR count). The largest absolute Gasteiger partial charge is 0.463 e. The normalized spacial score (nSPS) is 22.5. The van der Waals surface area contributed by atoms with E-state index in [-0.39, 0.29) is 18.2 Å². The van der Waals surface area contributed by atoms with Crippen molar-refractivity contribution in [3.05, 3.63) is 53.1 Å². The van der Waals surface area contributed by atoms with E-state index in [0.717, 1.165) is 24.0 Å². The van der Waals surface area contributed by atoms with Crippen LogP contribution in [0.1, 0.15) is 37.8 Å². The maximum absolute atomic E-state index is 12.7. The highest BCUT2D eigenvalue weighted by molar-refractivity contribution is 6.16. The second kappa shape index (κ2) is 5.30. The van der Waals surface area contributed by atoms with E-state index in [4.69, 9.17) is 4.74 Å². The number of esters is 1. The third kappa shape index (κ3) is 1.97. The van der Waals surface area contributed by atoms with Gasteiger partial charge in [0, 0.05) is 12.0 Å². The van der Waals surface area contributed by atoms with Crippen LogP contribution in [-0.2, 0) is 20.7 Å². The summed E-state index contributed by atoms with van der Waals surface area (Å²) in [6.45, 7) is 4.10. The van der Waals surface area contributed by atoms with Crippen LogP contribution in [0.25, 0.3) is 16.3 Å². The van der Waals surface area contributed by atoms with Crippen LogP contribution in [0, 0.1) is 5.41 Å². The molecule has 2 aromatic rings. The fourth-order valence-electron chi connectivity index (χ4n) is 4.25. The smallest absolute Gasteiger partial charge is 0.334 e. The first-order valence-corrected chi connectivity index (χ1v) is 8.51. The molecule has 122 valence electrons. The summed E-state index contributed by atoms with van der Waals surface area (Å²) in [7, 11) is 0. The predicted molar refractivity (Wildman–Crippen MR) is 93.6 cm³/mol. The van der Waals surface area contributed by atoms with E-state index in [2.05, 4.69) is 24.3 Å². The van der Waals surface area contributed by atoms with Crippen LogP contribution in [0.5, 0.6) is 0 Å². The van der Waals surface area contributed by atoms with Gasteiger partial charge in [-0.1, -0.05) is 36.4 Å². The quantitative estimate of drug-likeness (QED) is 0.783. The minimum Gasteiger partial charge on any atom is -0.463 e. The maximum atomic E-state index is 12.7. The summed E-state index contributed by atoms with van der Waals surface area (Å²) < 4.78 is 5.22. The molecule has 0 bridgehead atoms. The summed E-state index contributed by atoms with van der Waals surface area (Å²) in [5, 5.41) is 2.41. The maximum Gasteiger partial charge on any atom is 0.334 e. The van der Waals surface area contributed by atoms with Crippen molar-refractivity contribution in [3.63, 3.8) is 0 Å². The highest BCUT2D eigenvalue weighted by Crippen LogP contribution is 2.53. The van der Waals surface area contributed by atoms with Gasteiger partial charge in [0.25, 0.3) is 0 Å². The molecule has 0 fully saturated rings. The number of rotatable bonds is 2. The average molecular weight is 320 g/mol.